The SMILES string of the molecule is COc1ccc2nccc([C@@H](O)CC[C@@H]3CCN(C4CC(c5ccccc5)C4)C[C@@H]3c3nn[nH]n3)c2c1. The number of rotatable bonds is 8. The highest BCUT2D eigenvalue weighted by molar-refractivity contribution is 5.83. The van der Waals surface area contributed by atoms with Crippen molar-refractivity contribution in [2.75, 3.05) is 20.2 Å². The van der Waals surface area contributed by atoms with Crippen LogP contribution in [0.15, 0.2) is 60.8 Å². The van der Waals surface area contributed by atoms with Crippen molar-refractivity contribution in [2.24, 2.45) is 5.92 Å². The van der Waals surface area contributed by atoms with Crippen molar-refractivity contribution in [1.29, 1.82) is 0 Å². The van der Waals surface area contributed by atoms with E-state index in [9.17, 15) is 5.11 Å². The molecule has 8 heteroatoms. The van der Waals surface area contributed by atoms with Crippen molar-refractivity contribution in [3.63, 3.8) is 0 Å². The fraction of sp³-hybridized carbons (Fsp3) is 0.448. The molecule has 3 heterocycles. The highest BCUT2D eigenvalue weighted by Gasteiger charge is 2.40. The topological polar surface area (TPSA) is 100 Å². The van der Waals surface area contributed by atoms with Gasteiger partial charge in [-0.05, 0) is 85.9 Å². The van der Waals surface area contributed by atoms with Crippen molar-refractivity contribution in [1.82, 2.24) is 30.5 Å². The van der Waals surface area contributed by atoms with Gasteiger partial charge in [-0.15, -0.1) is 10.2 Å². The second-order valence-corrected chi connectivity index (χ2v) is 10.5. The van der Waals surface area contributed by atoms with Crippen LogP contribution in [0.5, 0.6) is 5.75 Å². The number of tetrazole rings is 1. The first-order valence-corrected chi connectivity index (χ1v) is 13.3. The first-order valence-electron chi connectivity index (χ1n) is 13.3. The van der Waals surface area contributed by atoms with E-state index >= 15 is 0 Å². The fourth-order valence-corrected chi connectivity index (χ4v) is 6.30. The van der Waals surface area contributed by atoms with Gasteiger partial charge in [0.1, 0.15) is 5.75 Å². The average Bonchev–Trinajstić information content (AvgIpc) is 3.46. The minimum Gasteiger partial charge on any atom is -0.497 e. The van der Waals surface area contributed by atoms with Crippen LogP contribution in [0.1, 0.15) is 67.0 Å². The van der Waals surface area contributed by atoms with E-state index in [0.29, 0.717) is 24.3 Å². The lowest BCUT2D eigenvalue weighted by Gasteiger charge is -2.48. The largest absolute Gasteiger partial charge is 0.497 e. The molecule has 6 rings (SSSR count). The van der Waals surface area contributed by atoms with E-state index in [0.717, 1.165) is 54.0 Å². The quantitative estimate of drug-likeness (QED) is 0.366. The maximum Gasteiger partial charge on any atom is 0.179 e. The fourth-order valence-electron chi connectivity index (χ4n) is 6.30. The van der Waals surface area contributed by atoms with Crippen LogP contribution < -0.4 is 4.74 Å². The number of ether oxygens (including phenoxy) is 1. The standard InChI is InChI=1S/C29H34N6O2/c1-37-23-8-9-27-25(17-23)24(11-13-30-27)28(36)10-7-20-12-14-35(18-26(20)29-31-33-34-32-29)22-15-21(16-22)19-5-3-2-4-6-19/h2-6,8-9,11,13,17,20-22,26,28,36H,7,10,12,14-16,18H2,1H3,(H,31,32,33,34)/t20-,21?,22?,26+,28+/m1/s1. The van der Waals surface area contributed by atoms with Gasteiger partial charge >= 0.3 is 0 Å². The van der Waals surface area contributed by atoms with Crippen LogP contribution in [0.25, 0.3) is 10.9 Å². The molecule has 4 aromatic rings. The molecule has 192 valence electrons. The monoisotopic (exact) mass is 498 g/mol. The molecule has 0 spiro atoms. The van der Waals surface area contributed by atoms with E-state index in [4.69, 9.17) is 4.74 Å². The number of pyridine rings is 1. The van der Waals surface area contributed by atoms with Crippen LogP contribution in [-0.2, 0) is 0 Å². The number of aliphatic hydroxyl groups excluding tert-OH is 1. The minimum atomic E-state index is -0.570. The van der Waals surface area contributed by atoms with Gasteiger partial charge in [-0.1, -0.05) is 35.5 Å². The van der Waals surface area contributed by atoms with Crippen LogP contribution in [0.3, 0.4) is 0 Å². The van der Waals surface area contributed by atoms with Crippen molar-refractivity contribution >= 4 is 10.9 Å². The number of likely N-dealkylation sites (tertiary alicyclic amines) is 1. The summed E-state index contributed by atoms with van der Waals surface area (Å²) in [4.78, 5) is 7.09. The number of fused-ring (bicyclic) bond motifs is 1. The molecule has 1 aliphatic heterocycles. The first-order chi connectivity index (χ1) is 18.2. The molecule has 2 aromatic carbocycles. The molecule has 0 unspecified atom stereocenters. The molecule has 1 saturated carbocycles. The van der Waals surface area contributed by atoms with Gasteiger partial charge in [0.15, 0.2) is 5.82 Å². The predicted octanol–water partition coefficient (Wildman–Crippen LogP) is 4.62. The second-order valence-electron chi connectivity index (χ2n) is 10.5. The normalized spacial score (nSPS) is 25.0. The molecular weight excluding hydrogens is 464 g/mol. The molecule has 37 heavy (non-hydrogen) atoms. The molecule has 1 aliphatic carbocycles. The number of nitrogens with one attached hydrogen (secondary N) is 1. The van der Waals surface area contributed by atoms with E-state index in [1.54, 1.807) is 13.3 Å². The zero-order chi connectivity index (χ0) is 25.2. The summed E-state index contributed by atoms with van der Waals surface area (Å²) in [5.74, 6) is 2.84. The van der Waals surface area contributed by atoms with Crippen molar-refractivity contribution in [3.8, 4) is 5.75 Å². The average molecular weight is 499 g/mol. The lowest BCUT2D eigenvalue weighted by atomic mass is 9.73. The summed E-state index contributed by atoms with van der Waals surface area (Å²) in [5.41, 5.74) is 3.22. The zero-order valence-corrected chi connectivity index (χ0v) is 21.2. The van der Waals surface area contributed by atoms with Crippen molar-refractivity contribution in [3.05, 3.63) is 77.7 Å². The van der Waals surface area contributed by atoms with Crippen LogP contribution >= 0.6 is 0 Å². The molecule has 0 bridgehead atoms. The van der Waals surface area contributed by atoms with E-state index in [2.05, 4.69) is 60.8 Å². The molecule has 1 saturated heterocycles. The minimum absolute atomic E-state index is 0.213. The third kappa shape index (κ3) is 4.95. The maximum absolute atomic E-state index is 11.2. The van der Waals surface area contributed by atoms with Gasteiger partial charge in [-0.25, -0.2) is 0 Å². The Kier molecular flexibility index (Phi) is 6.85. The number of nitrogens with zero attached hydrogens (tertiary/aromatic N) is 5. The number of aromatic amines is 1. The van der Waals surface area contributed by atoms with E-state index in [-0.39, 0.29) is 5.92 Å². The van der Waals surface area contributed by atoms with Gasteiger partial charge in [-0.2, -0.15) is 5.21 Å². The van der Waals surface area contributed by atoms with E-state index < -0.39 is 6.10 Å². The molecule has 3 atom stereocenters. The van der Waals surface area contributed by atoms with Crippen molar-refractivity contribution < 1.29 is 9.84 Å². The number of aliphatic hydroxyl groups is 1. The number of aromatic nitrogens is 5. The molecule has 0 radical (unpaired) electrons. The number of benzene rings is 2. The maximum atomic E-state index is 11.2. The van der Waals surface area contributed by atoms with Crippen LogP contribution in [0, 0.1) is 5.92 Å². The summed E-state index contributed by atoms with van der Waals surface area (Å²) in [6.45, 7) is 2.03. The molecule has 0 amide bonds. The van der Waals surface area contributed by atoms with E-state index in [1.165, 1.54) is 18.4 Å². The van der Waals surface area contributed by atoms with Gasteiger partial charge in [-0.3, -0.25) is 9.88 Å². The Morgan fingerprint density at radius 3 is 2.78 bits per heavy atom. The van der Waals surface area contributed by atoms with Gasteiger partial charge in [0.05, 0.1) is 18.7 Å². The number of methoxy groups -OCH3 is 1. The van der Waals surface area contributed by atoms with Gasteiger partial charge in [0, 0.05) is 30.1 Å². The Balaban J connectivity index is 1.12. The third-order valence-corrected chi connectivity index (χ3v) is 8.53. The predicted molar refractivity (Wildman–Crippen MR) is 141 cm³/mol. The second kappa shape index (κ2) is 10.6. The van der Waals surface area contributed by atoms with Crippen molar-refractivity contribution in [2.45, 2.75) is 56.1 Å². The highest BCUT2D eigenvalue weighted by Crippen LogP contribution is 2.44. The first kappa shape index (κ1) is 24.0. The smallest absolute Gasteiger partial charge is 0.179 e. The number of hydrogen-bond donors (Lipinski definition) is 2. The number of hydrogen-bond acceptors (Lipinski definition) is 7. The van der Waals surface area contributed by atoms with E-state index in [1.807, 2.05) is 24.3 Å². The molecule has 8 nitrogen and oxygen atoms in total. The van der Waals surface area contributed by atoms with Crippen LogP contribution in [0.2, 0.25) is 0 Å². The Labute approximate surface area is 217 Å². The summed E-state index contributed by atoms with van der Waals surface area (Å²) < 4.78 is 5.41. The molecule has 2 fully saturated rings. The summed E-state index contributed by atoms with van der Waals surface area (Å²) in [6, 6.07) is 19.2. The Morgan fingerprint density at radius 2 is 2.00 bits per heavy atom. The number of piperidine rings is 1. The molecule has 2 aliphatic rings. The summed E-state index contributed by atoms with van der Waals surface area (Å²) in [6.07, 6.45) is 6.28. The summed E-state index contributed by atoms with van der Waals surface area (Å²) in [7, 11) is 1.66. The van der Waals surface area contributed by atoms with Crippen LogP contribution in [0.4, 0.5) is 0 Å². The zero-order valence-electron chi connectivity index (χ0n) is 21.2. The molecular formula is C29H34N6O2. The van der Waals surface area contributed by atoms with Gasteiger partial charge in [0.2, 0.25) is 0 Å². The third-order valence-electron chi connectivity index (χ3n) is 8.53. The summed E-state index contributed by atoms with van der Waals surface area (Å²) >= 11 is 0. The van der Waals surface area contributed by atoms with Crippen LogP contribution in [-0.4, -0.2) is 61.9 Å². The lowest BCUT2D eigenvalue weighted by molar-refractivity contribution is 0.0497. The highest BCUT2D eigenvalue weighted by atomic mass is 16.5. The Morgan fingerprint density at radius 1 is 1.14 bits per heavy atom. The Bertz CT molecular complexity index is 1310. The molecule has 2 aromatic heterocycles. The van der Waals surface area contributed by atoms with Gasteiger partial charge < -0.3 is 9.84 Å². The lowest BCUT2D eigenvalue weighted by Crippen LogP contribution is -2.50. The molecule has 2 N–H and O–H groups in total. The van der Waals surface area contributed by atoms with Gasteiger partial charge in [0.25, 0.3) is 0 Å². The Hall–Kier alpha value is -3.36. The number of H-pyrrole nitrogens is 1. The summed E-state index contributed by atoms with van der Waals surface area (Å²) in [5, 5.41) is 27.4.